The molecule has 1 aliphatic heterocycles. The molecule has 0 aromatic carbocycles. The molecule has 0 aliphatic carbocycles. The van der Waals surface area contributed by atoms with Crippen LogP contribution in [0.15, 0.2) is 18.3 Å². The quantitative estimate of drug-likeness (QED) is 0.772. The van der Waals surface area contributed by atoms with Crippen LogP contribution in [0.25, 0.3) is 0 Å². The van der Waals surface area contributed by atoms with E-state index < -0.39 is 0 Å². The first-order valence-electron chi connectivity index (χ1n) is 6.06. The summed E-state index contributed by atoms with van der Waals surface area (Å²) in [4.78, 5) is 9.06. The Labute approximate surface area is 102 Å². The van der Waals surface area contributed by atoms with Gasteiger partial charge in [0.25, 0.3) is 0 Å². The number of aromatic nitrogens is 1. The van der Waals surface area contributed by atoms with Crippen molar-refractivity contribution in [2.24, 2.45) is 0 Å². The van der Waals surface area contributed by atoms with E-state index in [-0.39, 0.29) is 0 Å². The second-order valence-electron chi connectivity index (χ2n) is 4.51. The normalized spacial score (nSPS) is 21.2. The third kappa shape index (κ3) is 2.56. The van der Waals surface area contributed by atoms with E-state index in [1.54, 1.807) is 6.20 Å². The van der Waals surface area contributed by atoms with Gasteiger partial charge in [-0.15, -0.1) is 0 Å². The van der Waals surface area contributed by atoms with E-state index in [0.717, 1.165) is 31.9 Å². The van der Waals surface area contributed by atoms with Crippen molar-refractivity contribution in [3.05, 3.63) is 23.9 Å². The number of likely N-dealkylation sites (N-methyl/N-ethyl adjacent to an activating group) is 1. The van der Waals surface area contributed by atoms with Crippen LogP contribution in [0.5, 0.6) is 0 Å². The summed E-state index contributed by atoms with van der Waals surface area (Å²) in [5.74, 6) is 0.982. The summed E-state index contributed by atoms with van der Waals surface area (Å²) in [7, 11) is 2.18. The molecule has 0 saturated carbocycles. The van der Waals surface area contributed by atoms with Crippen LogP contribution in [0.2, 0.25) is 0 Å². The number of rotatable bonds is 2. The Bertz CT molecular complexity index is 406. The van der Waals surface area contributed by atoms with Crippen molar-refractivity contribution >= 4 is 5.82 Å². The van der Waals surface area contributed by atoms with E-state index >= 15 is 0 Å². The van der Waals surface area contributed by atoms with Crippen molar-refractivity contribution in [2.75, 3.05) is 31.6 Å². The van der Waals surface area contributed by atoms with Crippen LogP contribution >= 0.6 is 0 Å². The third-order valence-corrected chi connectivity index (χ3v) is 3.45. The van der Waals surface area contributed by atoms with Crippen LogP contribution in [0, 0.1) is 11.3 Å². The summed E-state index contributed by atoms with van der Waals surface area (Å²) in [6.45, 7) is 5.31. The van der Waals surface area contributed by atoms with E-state index in [1.165, 1.54) is 0 Å². The topological polar surface area (TPSA) is 43.2 Å². The molecular formula is C13H18N4. The maximum absolute atomic E-state index is 8.74. The van der Waals surface area contributed by atoms with Crippen molar-refractivity contribution in [2.45, 2.75) is 19.4 Å². The smallest absolute Gasteiger partial charge is 0.128 e. The van der Waals surface area contributed by atoms with Gasteiger partial charge in [0.15, 0.2) is 0 Å². The second-order valence-corrected chi connectivity index (χ2v) is 4.51. The monoisotopic (exact) mass is 230 g/mol. The zero-order chi connectivity index (χ0) is 12.3. The Balaban J connectivity index is 2.09. The lowest BCUT2D eigenvalue weighted by molar-refractivity contribution is 0.213. The highest BCUT2D eigenvalue weighted by Crippen LogP contribution is 2.17. The number of nitriles is 1. The molecule has 1 fully saturated rings. The molecule has 0 spiro atoms. The zero-order valence-corrected chi connectivity index (χ0v) is 10.4. The largest absolute Gasteiger partial charge is 0.354 e. The van der Waals surface area contributed by atoms with Crippen molar-refractivity contribution in [3.63, 3.8) is 0 Å². The number of piperazine rings is 1. The van der Waals surface area contributed by atoms with Crippen LogP contribution in [-0.4, -0.2) is 42.6 Å². The van der Waals surface area contributed by atoms with E-state index in [9.17, 15) is 0 Å². The highest BCUT2D eigenvalue weighted by molar-refractivity contribution is 5.42. The first kappa shape index (κ1) is 11.9. The first-order valence-corrected chi connectivity index (χ1v) is 6.06. The van der Waals surface area contributed by atoms with Crippen molar-refractivity contribution in [1.82, 2.24) is 9.88 Å². The molecule has 0 radical (unpaired) electrons. The van der Waals surface area contributed by atoms with Crippen LogP contribution in [0.1, 0.15) is 18.9 Å². The standard InChI is InChI=1S/C13H18N4/c1-3-12-10-17(7-6-16(12)2)13-5-4-11(8-14)9-15-13/h4-5,9,12H,3,6-7,10H2,1-2H3. The molecule has 17 heavy (non-hydrogen) atoms. The van der Waals surface area contributed by atoms with Crippen LogP contribution in [0.4, 0.5) is 5.82 Å². The summed E-state index contributed by atoms with van der Waals surface area (Å²) < 4.78 is 0. The Morgan fingerprint density at radius 2 is 2.29 bits per heavy atom. The van der Waals surface area contributed by atoms with Gasteiger partial charge in [0.1, 0.15) is 11.9 Å². The molecule has 90 valence electrons. The lowest BCUT2D eigenvalue weighted by Crippen LogP contribution is -2.51. The van der Waals surface area contributed by atoms with Gasteiger partial charge in [0.05, 0.1) is 5.56 Å². The maximum atomic E-state index is 8.74. The van der Waals surface area contributed by atoms with Crippen LogP contribution in [-0.2, 0) is 0 Å². The molecule has 2 rings (SSSR count). The summed E-state index contributed by atoms with van der Waals surface area (Å²) in [6, 6.07) is 6.47. The molecule has 1 unspecified atom stereocenters. The molecule has 0 bridgehead atoms. The van der Waals surface area contributed by atoms with E-state index in [4.69, 9.17) is 5.26 Å². The summed E-state index contributed by atoms with van der Waals surface area (Å²) in [5.41, 5.74) is 0.620. The minimum Gasteiger partial charge on any atom is -0.354 e. The second kappa shape index (κ2) is 5.15. The highest BCUT2D eigenvalue weighted by Gasteiger charge is 2.23. The molecule has 4 heteroatoms. The number of anilines is 1. The van der Waals surface area contributed by atoms with Gasteiger partial charge in [0, 0.05) is 31.9 Å². The Kier molecular flexibility index (Phi) is 3.60. The third-order valence-electron chi connectivity index (χ3n) is 3.45. The highest BCUT2D eigenvalue weighted by atomic mass is 15.3. The van der Waals surface area contributed by atoms with Gasteiger partial charge >= 0.3 is 0 Å². The molecule has 0 N–H and O–H groups in total. The molecule has 1 aromatic heterocycles. The Morgan fingerprint density at radius 3 is 2.88 bits per heavy atom. The van der Waals surface area contributed by atoms with Crippen molar-refractivity contribution in [3.8, 4) is 6.07 Å². The lowest BCUT2D eigenvalue weighted by Gasteiger charge is -2.39. The molecule has 0 amide bonds. The molecule has 1 aromatic rings. The predicted molar refractivity (Wildman–Crippen MR) is 67.9 cm³/mol. The molecule has 1 saturated heterocycles. The first-order chi connectivity index (χ1) is 8.24. The van der Waals surface area contributed by atoms with Crippen LogP contribution in [0.3, 0.4) is 0 Å². The summed E-state index contributed by atoms with van der Waals surface area (Å²) in [6.07, 6.45) is 2.80. The Hall–Kier alpha value is -1.60. The lowest BCUT2D eigenvalue weighted by atomic mass is 10.1. The fourth-order valence-corrected chi connectivity index (χ4v) is 2.23. The average molecular weight is 230 g/mol. The van der Waals surface area contributed by atoms with Gasteiger partial charge in [-0.3, -0.25) is 4.90 Å². The van der Waals surface area contributed by atoms with Gasteiger partial charge in [-0.1, -0.05) is 6.92 Å². The Morgan fingerprint density at radius 1 is 1.47 bits per heavy atom. The minimum absolute atomic E-state index is 0.598. The molecule has 1 aliphatic rings. The maximum Gasteiger partial charge on any atom is 0.128 e. The van der Waals surface area contributed by atoms with Gasteiger partial charge in [0.2, 0.25) is 0 Å². The zero-order valence-electron chi connectivity index (χ0n) is 10.4. The van der Waals surface area contributed by atoms with Crippen LogP contribution < -0.4 is 4.90 Å². The number of nitrogens with zero attached hydrogens (tertiary/aromatic N) is 4. The number of pyridine rings is 1. The fourth-order valence-electron chi connectivity index (χ4n) is 2.23. The molecule has 1 atom stereocenters. The predicted octanol–water partition coefficient (Wildman–Crippen LogP) is 1.48. The number of hydrogen-bond acceptors (Lipinski definition) is 4. The average Bonchev–Trinajstić information content (AvgIpc) is 2.39. The summed E-state index contributed by atoms with van der Waals surface area (Å²) >= 11 is 0. The van der Waals surface area contributed by atoms with Gasteiger partial charge < -0.3 is 4.90 Å². The molecule has 2 heterocycles. The minimum atomic E-state index is 0.598. The van der Waals surface area contributed by atoms with E-state index in [2.05, 4.69) is 34.8 Å². The summed E-state index contributed by atoms with van der Waals surface area (Å²) in [5, 5.41) is 8.74. The fraction of sp³-hybridized carbons (Fsp3) is 0.538. The van der Waals surface area contributed by atoms with Gasteiger partial charge in [-0.25, -0.2) is 4.98 Å². The SMILES string of the molecule is CCC1CN(c2ccc(C#N)cn2)CCN1C. The van der Waals surface area contributed by atoms with E-state index in [0.29, 0.717) is 11.6 Å². The van der Waals surface area contributed by atoms with Crippen molar-refractivity contribution < 1.29 is 0 Å². The molecule has 4 nitrogen and oxygen atoms in total. The van der Waals surface area contributed by atoms with Gasteiger partial charge in [-0.2, -0.15) is 5.26 Å². The van der Waals surface area contributed by atoms with E-state index in [1.807, 2.05) is 12.1 Å². The molecular weight excluding hydrogens is 212 g/mol. The van der Waals surface area contributed by atoms with Crippen molar-refractivity contribution in [1.29, 1.82) is 5.26 Å². The van der Waals surface area contributed by atoms with Gasteiger partial charge in [-0.05, 0) is 25.6 Å². The number of hydrogen-bond donors (Lipinski definition) is 0.